The maximum absolute atomic E-state index is 13.1. The number of carbonyl (C=O) groups is 2. The first kappa shape index (κ1) is 23.1. The molecule has 0 spiro atoms. The highest BCUT2D eigenvalue weighted by Gasteiger charge is 2.27. The van der Waals surface area contributed by atoms with E-state index in [9.17, 15) is 9.59 Å². The standard InChI is InChI=1S/C24H24BrClN2O3/c1-3-27-24(30)16(2)28(14-18-9-5-7-11-20(18)26)22(29)15-31-21-13-12-17-8-4-6-10-19(17)23(21)25/h4-13,16H,3,14-15H2,1-2H3,(H,27,30)/t16-/m1/s1. The fourth-order valence-electron chi connectivity index (χ4n) is 3.26. The second-order valence-electron chi connectivity index (χ2n) is 7.07. The van der Waals surface area contributed by atoms with Crippen LogP contribution in [-0.2, 0) is 16.1 Å². The number of nitrogens with zero attached hydrogens (tertiary/aromatic N) is 1. The van der Waals surface area contributed by atoms with Gasteiger partial charge in [-0.1, -0.05) is 60.1 Å². The molecular weight excluding hydrogens is 480 g/mol. The van der Waals surface area contributed by atoms with Gasteiger partial charge in [0.05, 0.1) is 4.47 Å². The number of amides is 2. The highest BCUT2D eigenvalue weighted by molar-refractivity contribution is 9.10. The van der Waals surface area contributed by atoms with Gasteiger partial charge in [0.1, 0.15) is 11.8 Å². The average Bonchev–Trinajstić information content (AvgIpc) is 2.78. The quantitative estimate of drug-likeness (QED) is 0.460. The number of hydrogen-bond donors (Lipinski definition) is 1. The van der Waals surface area contributed by atoms with Gasteiger partial charge in [-0.05, 0) is 58.2 Å². The molecule has 7 heteroatoms. The van der Waals surface area contributed by atoms with Crippen LogP contribution in [0.2, 0.25) is 5.02 Å². The van der Waals surface area contributed by atoms with Gasteiger partial charge in [-0.3, -0.25) is 9.59 Å². The topological polar surface area (TPSA) is 58.6 Å². The molecular formula is C24H24BrClN2O3. The summed E-state index contributed by atoms with van der Waals surface area (Å²) >= 11 is 9.87. The van der Waals surface area contributed by atoms with Crippen molar-refractivity contribution < 1.29 is 14.3 Å². The summed E-state index contributed by atoms with van der Waals surface area (Å²) in [4.78, 5) is 27.1. The highest BCUT2D eigenvalue weighted by Crippen LogP contribution is 2.33. The van der Waals surface area contributed by atoms with Crippen molar-refractivity contribution in [3.8, 4) is 5.75 Å². The summed E-state index contributed by atoms with van der Waals surface area (Å²) in [7, 11) is 0. The van der Waals surface area contributed by atoms with Crippen molar-refractivity contribution >= 4 is 50.1 Å². The fourth-order valence-corrected chi connectivity index (χ4v) is 4.07. The summed E-state index contributed by atoms with van der Waals surface area (Å²) in [5.41, 5.74) is 0.764. The zero-order chi connectivity index (χ0) is 22.4. The van der Waals surface area contributed by atoms with Gasteiger partial charge < -0.3 is 15.0 Å². The summed E-state index contributed by atoms with van der Waals surface area (Å²) in [6, 6.07) is 18.3. The molecule has 31 heavy (non-hydrogen) atoms. The fraction of sp³-hybridized carbons (Fsp3) is 0.250. The lowest BCUT2D eigenvalue weighted by Crippen LogP contribution is -2.49. The van der Waals surface area contributed by atoms with Crippen molar-refractivity contribution in [1.82, 2.24) is 10.2 Å². The number of carbonyl (C=O) groups excluding carboxylic acids is 2. The van der Waals surface area contributed by atoms with Crippen molar-refractivity contribution in [1.29, 1.82) is 0 Å². The average molecular weight is 504 g/mol. The molecule has 5 nitrogen and oxygen atoms in total. The molecule has 0 fully saturated rings. The molecule has 1 atom stereocenters. The normalized spacial score (nSPS) is 11.7. The zero-order valence-corrected chi connectivity index (χ0v) is 19.7. The Bertz CT molecular complexity index is 1090. The van der Waals surface area contributed by atoms with Crippen LogP contribution in [0.1, 0.15) is 19.4 Å². The summed E-state index contributed by atoms with van der Waals surface area (Å²) in [5.74, 6) is 0.0314. The van der Waals surface area contributed by atoms with E-state index in [1.807, 2.05) is 61.5 Å². The third-order valence-electron chi connectivity index (χ3n) is 5.00. The molecule has 2 amide bonds. The van der Waals surface area contributed by atoms with Gasteiger partial charge in [0.25, 0.3) is 5.91 Å². The minimum absolute atomic E-state index is 0.203. The first-order valence-corrected chi connectivity index (χ1v) is 11.2. The molecule has 3 aromatic carbocycles. The van der Waals surface area contributed by atoms with E-state index in [1.165, 1.54) is 4.90 Å². The molecule has 3 rings (SSSR count). The van der Waals surface area contributed by atoms with E-state index in [2.05, 4.69) is 21.2 Å². The molecule has 1 N–H and O–H groups in total. The van der Waals surface area contributed by atoms with Crippen molar-refractivity contribution in [2.75, 3.05) is 13.2 Å². The van der Waals surface area contributed by atoms with E-state index in [4.69, 9.17) is 16.3 Å². The Morgan fingerprint density at radius 2 is 1.81 bits per heavy atom. The molecule has 0 aliphatic carbocycles. The number of nitrogens with one attached hydrogen (secondary N) is 1. The summed E-state index contributed by atoms with van der Waals surface area (Å²) < 4.78 is 6.63. The molecule has 0 saturated heterocycles. The maximum atomic E-state index is 13.1. The maximum Gasteiger partial charge on any atom is 0.261 e. The van der Waals surface area contributed by atoms with Crippen molar-refractivity contribution in [3.05, 3.63) is 75.7 Å². The van der Waals surface area contributed by atoms with Crippen molar-refractivity contribution in [3.63, 3.8) is 0 Å². The van der Waals surface area contributed by atoms with Crippen LogP contribution in [0.4, 0.5) is 0 Å². The van der Waals surface area contributed by atoms with Gasteiger partial charge in [0.15, 0.2) is 6.61 Å². The predicted molar refractivity (Wildman–Crippen MR) is 127 cm³/mol. The Balaban J connectivity index is 1.80. The van der Waals surface area contributed by atoms with Gasteiger partial charge >= 0.3 is 0 Å². The van der Waals surface area contributed by atoms with Crippen LogP contribution in [0.25, 0.3) is 10.8 Å². The van der Waals surface area contributed by atoms with Crippen LogP contribution in [0.5, 0.6) is 5.75 Å². The number of hydrogen-bond acceptors (Lipinski definition) is 3. The number of benzene rings is 3. The molecule has 162 valence electrons. The van der Waals surface area contributed by atoms with E-state index < -0.39 is 6.04 Å². The van der Waals surface area contributed by atoms with Crippen LogP contribution < -0.4 is 10.1 Å². The van der Waals surface area contributed by atoms with Gasteiger partial charge in [0.2, 0.25) is 5.91 Å². The van der Waals surface area contributed by atoms with Crippen LogP contribution in [0, 0.1) is 0 Å². The summed E-state index contributed by atoms with van der Waals surface area (Å²) in [6.07, 6.45) is 0. The second kappa shape index (κ2) is 10.6. The Labute approximate surface area is 195 Å². The lowest BCUT2D eigenvalue weighted by Gasteiger charge is -2.29. The summed E-state index contributed by atoms with van der Waals surface area (Å²) in [6.45, 7) is 4.03. The van der Waals surface area contributed by atoms with Crippen molar-refractivity contribution in [2.45, 2.75) is 26.4 Å². The minimum Gasteiger partial charge on any atom is -0.483 e. The Hall–Kier alpha value is -2.57. The number of likely N-dealkylation sites (N-methyl/N-ethyl adjacent to an activating group) is 1. The van der Waals surface area contributed by atoms with Crippen molar-refractivity contribution in [2.24, 2.45) is 0 Å². The molecule has 0 aliphatic heterocycles. The van der Waals surface area contributed by atoms with E-state index >= 15 is 0 Å². The third-order valence-corrected chi connectivity index (χ3v) is 6.18. The molecule has 0 radical (unpaired) electrons. The number of halogens is 2. The number of fused-ring (bicyclic) bond motifs is 1. The van der Waals surface area contributed by atoms with E-state index in [-0.39, 0.29) is 25.0 Å². The van der Waals surface area contributed by atoms with E-state index in [0.717, 1.165) is 20.8 Å². The van der Waals surface area contributed by atoms with Gasteiger partial charge in [-0.15, -0.1) is 0 Å². The molecule has 0 heterocycles. The van der Waals surface area contributed by atoms with Gasteiger partial charge in [-0.25, -0.2) is 0 Å². The van der Waals surface area contributed by atoms with E-state index in [0.29, 0.717) is 17.3 Å². The molecule has 0 aliphatic rings. The Morgan fingerprint density at radius 3 is 2.55 bits per heavy atom. The van der Waals surface area contributed by atoms with Gasteiger partial charge in [0, 0.05) is 18.1 Å². The minimum atomic E-state index is -0.674. The lowest BCUT2D eigenvalue weighted by atomic mass is 10.1. The summed E-state index contributed by atoms with van der Waals surface area (Å²) in [5, 5.41) is 5.38. The largest absolute Gasteiger partial charge is 0.483 e. The molecule has 3 aromatic rings. The Kier molecular flexibility index (Phi) is 7.93. The lowest BCUT2D eigenvalue weighted by molar-refractivity contribution is -0.142. The number of rotatable bonds is 8. The zero-order valence-electron chi connectivity index (χ0n) is 17.4. The first-order chi connectivity index (χ1) is 14.9. The van der Waals surface area contributed by atoms with Crippen LogP contribution in [0.15, 0.2) is 65.1 Å². The van der Waals surface area contributed by atoms with Gasteiger partial charge in [-0.2, -0.15) is 0 Å². The second-order valence-corrected chi connectivity index (χ2v) is 8.27. The van der Waals surface area contributed by atoms with E-state index in [1.54, 1.807) is 13.0 Å². The number of ether oxygens (including phenoxy) is 1. The Morgan fingerprint density at radius 1 is 1.10 bits per heavy atom. The molecule has 0 saturated carbocycles. The molecule has 0 bridgehead atoms. The first-order valence-electron chi connectivity index (χ1n) is 10.0. The third kappa shape index (κ3) is 5.57. The van der Waals surface area contributed by atoms with Crippen LogP contribution in [0.3, 0.4) is 0 Å². The smallest absolute Gasteiger partial charge is 0.261 e. The molecule has 0 unspecified atom stereocenters. The SMILES string of the molecule is CCNC(=O)[C@@H](C)N(Cc1ccccc1Cl)C(=O)COc1ccc2ccccc2c1Br. The predicted octanol–water partition coefficient (Wildman–Crippen LogP) is 5.19. The highest BCUT2D eigenvalue weighted by atomic mass is 79.9. The van der Waals surface area contributed by atoms with Crippen LogP contribution >= 0.6 is 27.5 Å². The molecule has 0 aromatic heterocycles. The monoisotopic (exact) mass is 502 g/mol. The van der Waals surface area contributed by atoms with Crippen LogP contribution in [-0.4, -0.2) is 35.9 Å².